The zero-order chi connectivity index (χ0) is 15.0. The van der Waals surface area contributed by atoms with Gasteiger partial charge in [0.15, 0.2) is 0 Å². The predicted octanol–water partition coefficient (Wildman–Crippen LogP) is 3.57. The Labute approximate surface area is 125 Å². The Hall–Kier alpha value is -0.860. The molecule has 1 N–H and O–H groups in total. The zero-order valence-corrected chi connectivity index (χ0v) is 13.9. The van der Waals surface area contributed by atoms with Crippen LogP contribution in [0.3, 0.4) is 0 Å². The first kappa shape index (κ1) is 17.2. The van der Waals surface area contributed by atoms with Crippen molar-refractivity contribution in [3.63, 3.8) is 0 Å². The Morgan fingerprint density at radius 1 is 1.05 bits per heavy atom. The highest BCUT2D eigenvalue weighted by Gasteiger charge is 2.14. The van der Waals surface area contributed by atoms with Crippen molar-refractivity contribution in [1.29, 1.82) is 0 Å². The van der Waals surface area contributed by atoms with Crippen molar-refractivity contribution >= 4 is 0 Å². The summed E-state index contributed by atoms with van der Waals surface area (Å²) in [6.07, 6.45) is 3.61. The van der Waals surface area contributed by atoms with Gasteiger partial charge in [0, 0.05) is 18.6 Å². The number of nitrogens with one attached hydrogen (secondary N) is 1. The molecule has 0 aliphatic carbocycles. The first-order valence-corrected chi connectivity index (χ1v) is 7.92. The van der Waals surface area contributed by atoms with E-state index < -0.39 is 0 Å². The summed E-state index contributed by atoms with van der Waals surface area (Å²) in [5.74, 6) is 0.754. The smallest absolute Gasteiger partial charge is 0.0217 e. The summed E-state index contributed by atoms with van der Waals surface area (Å²) in [6, 6.07) is 12.0. The van der Waals surface area contributed by atoms with Crippen molar-refractivity contribution in [1.82, 2.24) is 10.2 Å². The molecule has 1 aromatic rings. The van der Waals surface area contributed by atoms with Crippen LogP contribution in [0.1, 0.15) is 39.2 Å². The number of hydrogen-bond acceptors (Lipinski definition) is 2. The topological polar surface area (TPSA) is 15.3 Å². The van der Waals surface area contributed by atoms with Gasteiger partial charge in [-0.1, -0.05) is 44.2 Å². The Balaban J connectivity index is 2.29. The molecule has 1 aromatic carbocycles. The minimum atomic E-state index is 0.574. The van der Waals surface area contributed by atoms with Crippen molar-refractivity contribution in [2.24, 2.45) is 5.92 Å². The van der Waals surface area contributed by atoms with Gasteiger partial charge in [0.25, 0.3) is 0 Å². The largest absolute Gasteiger partial charge is 0.313 e. The fourth-order valence-corrected chi connectivity index (χ4v) is 2.49. The van der Waals surface area contributed by atoms with E-state index in [0.717, 1.165) is 18.9 Å². The summed E-state index contributed by atoms with van der Waals surface area (Å²) in [5.41, 5.74) is 1.44. The summed E-state index contributed by atoms with van der Waals surface area (Å²) >= 11 is 0. The summed E-state index contributed by atoms with van der Waals surface area (Å²) in [4.78, 5) is 2.34. The molecule has 0 radical (unpaired) electrons. The zero-order valence-electron chi connectivity index (χ0n) is 13.9. The van der Waals surface area contributed by atoms with Gasteiger partial charge >= 0.3 is 0 Å². The SMILES string of the molecule is CC(C)CC(CNC(C)CCc1ccccc1)N(C)C. The average Bonchev–Trinajstić information content (AvgIpc) is 2.41. The minimum absolute atomic E-state index is 0.574. The lowest BCUT2D eigenvalue weighted by atomic mass is 10.0. The van der Waals surface area contributed by atoms with E-state index in [4.69, 9.17) is 0 Å². The molecular weight excluding hydrogens is 244 g/mol. The number of likely N-dealkylation sites (N-methyl/N-ethyl adjacent to an activating group) is 1. The molecule has 2 atom stereocenters. The van der Waals surface area contributed by atoms with E-state index in [9.17, 15) is 0 Å². The Morgan fingerprint density at radius 3 is 2.25 bits per heavy atom. The highest BCUT2D eigenvalue weighted by atomic mass is 15.1. The van der Waals surface area contributed by atoms with Crippen LogP contribution in [0.4, 0.5) is 0 Å². The van der Waals surface area contributed by atoms with E-state index in [1.54, 1.807) is 0 Å². The molecule has 0 heterocycles. The maximum atomic E-state index is 3.70. The van der Waals surface area contributed by atoms with Gasteiger partial charge in [-0.05, 0) is 51.8 Å². The normalized spacial score (nSPS) is 14.8. The summed E-state index contributed by atoms with van der Waals surface area (Å²) in [5, 5.41) is 3.70. The molecule has 114 valence electrons. The first-order valence-electron chi connectivity index (χ1n) is 7.92. The van der Waals surface area contributed by atoms with Crippen LogP contribution < -0.4 is 5.32 Å². The van der Waals surface area contributed by atoms with E-state index in [1.807, 2.05) is 0 Å². The molecule has 2 nitrogen and oxygen atoms in total. The van der Waals surface area contributed by atoms with Crippen molar-refractivity contribution in [3.05, 3.63) is 35.9 Å². The van der Waals surface area contributed by atoms with Crippen molar-refractivity contribution in [2.45, 2.75) is 52.1 Å². The van der Waals surface area contributed by atoms with E-state index in [2.05, 4.69) is 75.4 Å². The minimum Gasteiger partial charge on any atom is -0.313 e. The monoisotopic (exact) mass is 276 g/mol. The fourth-order valence-electron chi connectivity index (χ4n) is 2.49. The van der Waals surface area contributed by atoms with E-state index in [1.165, 1.54) is 18.4 Å². The molecule has 0 saturated carbocycles. The Kier molecular flexibility index (Phi) is 7.86. The number of nitrogens with zero attached hydrogens (tertiary/aromatic N) is 1. The lowest BCUT2D eigenvalue weighted by Crippen LogP contribution is -2.42. The van der Waals surface area contributed by atoms with Gasteiger partial charge in [-0.25, -0.2) is 0 Å². The molecule has 0 saturated heterocycles. The van der Waals surface area contributed by atoms with Crippen molar-refractivity contribution in [3.8, 4) is 0 Å². The Bertz CT molecular complexity index is 346. The number of benzene rings is 1. The lowest BCUT2D eigenvalue weighted by molar-refractivity contribution is 0.240. The van der Waals surface area contributed by atoms with Crippen LogP contribution in [0, 0.1) is 5.92 Å². The molecule has 0 bridgehead atoms. The van der Waals surface area contributed by atoms with Crippen LogP contribution in [0.25, 0.3) is 0 Å². The number of hydrogen-bond donors (Lipinski definition) is 1. The second-order valence-corrected chi connectivity index (χ2v) is 6.58. The van der Waals surface area contributed by atoms with Gasteiger partial charge in [-0.2, -0.15) is 0 Å². The van der Waals surface area contributed by atoms with E-state index in [-0.39, 0.29) is 0 Å². The summed E-state index contributed by atoms with van der Waals surface area (Å²) in [7, 11) is 4.37. The molecule has 0 spiro atoms. The highest BCUT2D eigenvalue weighted by molar-refractivity contribution is 5.14. The van der Waals surface area contributed by atoms with Crippen LogP contribution in [0.15, 0.2) is 30.3 Å². The van der Waals surface area contributed by atoms with E-state index in [0.29, 0.717) is 12.1 Å². The van der Waals surface area contributed by atoms with Gasteiger partial charge in [-0.3, -0.25) is 0 Å². The maximum Gasteiger partial charge on any atom is 0.0217 e. The molecule has 0 aromatic heterocycles. The maximum absolute atomic E-state index is 3.70. The predicted molar refractivity (Wildman–Crippen MR) is 89.2 cm³/mol. The fraction of sp³-hybridized carbons (Fsp3) is 0.667. The molecule has 0 aliphatic heterocycles. The van der Waals surface area contributed by atoms with Crippen LogP contribution in [-0.4, -0.2) is 37.6 Å². The molecule has 0 aliphatic rings. The van der Waals surface area contributed by atoms with Gasteiger partial charge in [0.05, 0.1) is 0 Å². The molecule has 1 rings (SSSR count). The molecule has 0 amide bonds. The van der Waals surface area contributed by atoms with Crippen LogP contribution in [0.2, 0.25) is 0 Å². The van der Waals surface area contributed by atoms with Gasteiger partial charge in [-0.15, -0.1) is 0 Å². The lowest BCUT2D eigenvalue weighted by Gasteiger charge is -2.28. The van der Waals surface area contributed by atoms with Crippen molar-refractivity contribution in [2.75, 3.05) is 20.6 Å². The standard InChI is InChI=1S/C18H32N2/c1-15(2)13-18(20(4)5)14-19-16(3)11-12-17-9-7-6-8-10-17/h6-10,15-16,18-19H,11-14H2,1-5H3. The third-order valence-electron chi connectivity index (χ3n) is 3.88. The summed E-state index contributed by atoms with van der Waals surface area (Å²) < 4.78 is 0. The van der Waals surface area contributed by atoms with Gasteiger partial charge in [0.1, 0.15) is 0 Å². The quantitative estimate of drug-likeness (QED) is 0.742. The van der Waals surface area contributed by atoms with Gasteiger partial charge < -0.3 is 10.2 Å². The van der Waals surface area contributed by atoms with Crippen LogP contribution in [-0.2, 0) is 6.42 Å². The molecule has 0 fully saturated rings. The molecule has 20 heavy (non-hydrogen) atoms. The second-order valence-electron chi connectivity index (χ2n) is 6.58. The molecule has 2 unspecified atom stereocenters. The third kappa shape index (κ3) is 7.06. The van der Waals surface area contributed by atoms with Crippen molar-refractivity contribution < 1.29 is 0 Å². The second kappa shape index (κ2) is 9.15. The Morgan fingerprint density at radius 2 is 1.70 bits per heavy atom. The summed E-state index contributed by atoms with van der Waals surface area (Å²) in [6.45, 7) is 7.98. The molecule has 2 heteroatoms. The third-order valence-corrected chi connectivity index (χ3v) is 3.88. The average molecular weight is 276 g/mol. The van der Waals surface area contributed by atoms with E-state index >= 15 is 0 Å². The van der Waals surface area contributed by atoms with Crippen LogP contribution >= 0.6 is 0 Å². The number of aryl methyl sites for hydroxylation is 1. The van der Waals surface area contributed by atoms with Crippen LogP contribution in [0.5, 0.6) is 0 Å². The van der Waals surface area contributed by atoms with Gasteiger partial charge in [0.2, 0.25) is 0 Å². The highest BCUT2D eigenvalue weighted by Crippen LogP contribution is 2.09. The first-order chi connectivity index (χ1) is 9.49. The number of rotatable bonds is 9. The molecular formula is C18H32N2.